The molecule has 5 rings (SSSR count). The molecule has 0 spiro atoms. The van der Waals surface area contributed by atoms with Gasteiger partial charge in [-0.15, -0.1) is 0 Å². The molecule has 1 aromatic carbocycles. The first-order chi connectivity index (χ1) is 18.1. The second kappa shape index (κ2) is 11.5. The number of carbonyl (C=O) groups excluding carboxylic acids is 1. The molecule has 0 aliphatic heterocycles. The fourth-order valence-electron chi connectivity index (χ4n) is 5.70. The van der Waals surface area contributed by atoms with E-state index in [4.69, 9.17) is 6.57 Å². The largest absolute Gasteiger partial charge is 0.358 e. The van der Waals surface area contributed by atoms with Crippen LogP contribution in [0.5, 0.6) is 0 Å². The first-order valence-corrected chi connectivity index (χ1v) is 13.4. The number of aromatic nitrogens is 3. The number of amides is 1. The highest BCUT2D eigenvalue weighted by Crippen LogP contribution is 2.33. The molecular formula is C29H35N7O. The Labute approximate surface area is 218 Å². The summed E-state index contributed by atoms with van der Waals surface area (Å²) in [5, 5.41) is 9.87. The summed E-state index contributed by atoms with van der Waals surface area (Å²) in [6, 6.07) is 11.2. The number of anilines is 2. The van der Waals surface area contributed by atoms with Gasteiger partial charge in [0.1, 0.15) is 17.7 Å². The molecule has 2 aliphatic rings. The van der Waals surface area contributed by atoms with E-state index in [1.165, 1.54) is 24.8 Å². The molecule has 2 atom stereocenters. The van der Waals surface area contributed by atoms with Crippen molar-refractivity contribution >= 4 is 23.4 Å². The number of nitrogens with one attached hydrogen (secondary N) is 3. The van der Waals surface area contributed by atoms with E-state index in [0.29, 0.717) is 23.4 Å². The average Bonchev–Trinajstić information content (AvgIpc) is 3.48. The van der Waals surface area contributed by atoms with Crippen LogP contribution in [-0.2, 0) is 11.2 Å². The molecule has 0 radical (unpaired) electrons. The van der Waals surface area contributed by atoms with Crippen LogP contribution in [0.2, 0.25) is 0 Å². The van der Waals surface area contributed by atoms with E-state index >= 15 is 0 Å². The maximum atomic E-state index is 13.8. The summed E-state index contributed by atoms with van der Waals surface area (Å²) in [6.45, 7) is 7.33. The van der Waals surface area contributed by atoms with Gasteiger partial charge in [0.05, 0.1) is 12.6 Å². The molecule has 3 N–H and O–H groups in total. The lowest BCUT2D eigenvalue weighted by molar-refractivity contribution is -0.123. The summed E-state index contributed by atoms with van der Waals surface area (Å²) >= 11 is 0. The van der Waals surface area contributed by atoms with Gasteiger partial charge in [-0.2, -0.15) is 9.97 Å². The summed E-state index contributed by atoms with van der Waals surface area (Å²) < 4.78 is 1.93. The van der Waals surface area contributed by atoms with Crippen LogP contribution in [0.3, 0.4) is 0 Å². The zero-order valence-electron chi connectivity index (χ0n) is 21.4. The Balaban J connectivity index is 1.39. The van der Waals surface area contributed by atoms with Gasteiger partial charge in [-0.05, 0) is 49.3 Å². The lowest BCUT2D eigenvalue weighted by Crippen LogP contribution is -2.43. The third kappa shape index (κ3) is 5.93. The lowest BCUT2D eigenvalue weighted by Gasteiger charge is -2.31. The average molecular weight is 498 g/mol. The maximum Gasteiger partial charge on any atom is 0.243 e. The van der Waals surface area contributed by atoms with E-state index in [2.05, 4.69) is 30.8 Å². The minimum absolute atomic E-state index is 0.00446. The first-order valence-electron chi connectivity index (χ1n) is 13.4. The van der Waals surface area contributed by atoms with Crippen molar-refractivity contribution in [2.24, 2.45) is 5.92 Å². The van der Waals surface area contributed by atoms with Crippen LogP contribution >= 0.6 is 0 Å². The molecular weight excluding hydrogens is 462 g/mol. The summed E-state index contributed by atoms with van der Waals surface area (Å²) in [5.41, 5.74) is 2.97. The van der Waals surface area contributed by atoms with E-state index in [1.807, 2.05) is 53.4 Å². The van der Waals surface area contributed by atoms with Crippen molar-refractivity contribution in [2.45, 2.75) is 69.9 Å². The maximum absolute atomic E-state index is 13.8. The highest BCUT2D eigenvalue weighted by Gasteiger charge is 2.29. The molecule has 2 aromatic heterocycles. The Morgan fingerprint density at radius 2 is 1.92 bits per heavy atom. The van der Waals surface area contributed by atoms with E-state index in [0.717, 1.165) is 49.9 Å². The van der Waals surface area contributed by atoms with Crippen LogP contribution in [0.15, 0.2) is 48.8 Å². The highest BCUT2D eigenvalue weighted by atomic mass is 16.2. The zero-order valence-corrected chi connectivity index (χ0v) is 21.4. The topological polar surface area (TPSA) is 88.2 Å². The standard InChI is InChI=1S/C29H35N7O/c1-30-22-13-14-23-21(18-22)11-8-12-24(23)33-28(37)25(17-20-9-4-3-5-10-20)32-26-19-27(35-29(31-2)34-26)36-15-6-7-16-36/h6-7,13-16,18-20,24-25H,3-5,8-12,17H2,2H3,(H,33,37)(H2,31,32,34,35)/t24-,25-/m1/s1. The van der Waals surface area contributed by atoms with Gasteiger partial charge in [0.25, 0.3) is 0 Å². The smallest absolute Gasteiger partial charge is 0.243 e. The van der Waals surface area contributed by atoms with Crippen molar-refractivity contribution in [1.82, 2.24) is 19.9 Å². The summed E-state index contributed by atoms with van der Waals surface area (Å²) in [6.07, 6.45) is 13.6. The molecule has 1 saturated carbocycles. The third-order valence-electron chi connectivity index (χ3n) is 7.62. The number of hydrogen-bond acceptors (Lipinski definition) is 5. The van der Waals surface area contributed by atoms with E-state index in [9.17, 15) is 4.79 Å². The third-order valence-corrected chi connectivity index (χ3v) is 7.62. The number of benzene rings is 1. The molecule has 2 aliphatic carbocycles. The van der Waals surface area contributed by atoms with Crippen LogP contribution < -0.4 is 16.0 Å². The predicted molar refractivity (Wildman–Crippen MR) is 146 cm³/mol. The Hall–Kier alpha value is -3.86. The molecule has 3 aromatic rings. The van der Waals surface area contributed by atoms with Gasteiger partial charge in [-0.1, -0.05) is 55.9 Å². The van der Waals surface area contributed by atoms with Gasteiger partial charge in [0.15, 0.2) is 5.69 Å². The predicted octanol–water partition coefficient (Wildman–Crippen LogP) is 5.80. The van der Waals surface area contributed by atoms with E-state index < -0.39 is 6.04 Å². The number of carbonyl (C=O) groups is 1. The number of nitrogens with zero attached hydrogens (tertiary/aromatic N) is 4. The molecule has 1 amide bonds. The Morgan fingerprint density at radius 1 is 1.11 bits per heavy atom. The van der Waals surface area contributed by atoms with Crippen molar-refractivity contribution < 1.29 is 4.79 Å². The van der Waals surface area contributed by atoms with Crippen LogP contribution in [0, 0.1) is 12.5 Å². The minimum atomic E-state index is -0.395. The molecule has 0 saturated heterocycles. The molecule has 0 unspecified atom stereocenters. The van der Waals surface area contributed by atoms with Crippen molar-refractivity contribution in [1.29, 1.82) is 0 Å². The summed E-state index contributed by atoms with van der Waals surface area (Å²) in [7, 11) is 1.80. The fourth-order valence-corrected chi connectivity index (χ4v) is 5.70. The minimum Gasteiger partial charge on any atom is -0.358 e. The quantitative estimate of drug-likeness (QED) is 0.342. The number of rotatable bonds is 8. The Kier molecular flexibility index (Phi) is 7.69. The van der Waals surface area contributed by atoms with Gasteiger partial charge < -0.3 is 20.5 Å². The molecule has 0 bridgehead atoms. The van der Waals surface area contributed by atoms with Crippen LogP contribution in [-0.4, -0.2) is 33.5 Å². The second-order valence-corrected chi connectivity index (χ2v) is 10.2. The van der Waals surface area contributed by atoms with E-state index in [1.54, 1.807) is 7.05 Å². The molecule has 1 fully saturated rings. The zero-order chi connectivity index (χ0) is 25.6. The number of fused-ring (bicyclic) bond motifs is 1. The van der Waals surface area contributed by atoms with Gasteiger partial charge in [0, 0.05) is 25.5 Å². The van der Waals surface area contributed by atoms with Crippen molar-refractivity contribution in [2.75, 3.05) is 17.7 Å². The van der Waals surface area contributed by atoms with E-state index in [-0.39, 0.29) is 11.9 Å². The van der Waals surface area contributed by atoms with Crippen LogP contribution in [0.4, 0.5) is 17.5 Å². The van der Waals surface area contributed by atoms with Gasteiger partial charge >= 0.3 is 0 Å². The normalized spacial score (nSPS) is 18.3. The van der Waals surface area contributed by atoms with Crippen molar-refractivity contribution in [3.05, 3.63) is 71.3 Å². The first kappa shape index (κ1) is 24.8. The molecule has 2 heterocycles. The number of aryl methyl sites for hydroxylation is 1. The molecule has 192 valence electrons. The summed E-state index contributed by atoms with van der Waals surface area (Å²) in [5.74, 6) is 2.39. The van der Waals surface area contributed by atoms with Gasteiger partial charge in [-0.3, -0.25) is 4.79 Å². The Bertz CT molecular complexity index is 1260. The fraction of sp³-hybridized carbons (Fsp3) is 0.448. The molecule has 37 heavy (non-hydrogen) atoms. The van der Waals surface area contributed by atoms with Crippen molar-refractivity contribution in [3.8, 4) is 5.82 Å². The SMILES string of the molecule is [C-]#[N+]c1ccc2c(c1)CCC[C@H]2NC(=O)[C@@H](CC1CCCCC1)Nc1cc(-n2cccc2)nc(NC)n1. The lowest BCUT2D eigenvalue weighted by atomic mass is 9.84. The summed E-state index contributed by atoms with van der Waals surface area (Å²) in [4.78, 5) is 26.6. The highest BCUT2D eigenvalue weighted by molar-refractivity contribution is 5.85. The monoisotopic (exact) mass is 497 g/mol. The van der Waals surface area contributed by atoms with Gasteiger partial charge in [0.2, 0.25) is 11.9 Å². The van der Waals surface area contributed by atoms with Crippen molar-refractivity contribution in [3.63, 3.8) is 0 Å². The Morgan fingerprint density at radius 3 is 2.68 bits per heavy atom. The van der Waals surface area contributed by atoms with Gasteiger partial charge in [-0.25, -0.2) is 4.85 Å². The van der Waals surface area contributed by atoms with Crippen LogP contribution in [0.25, 0.3) is 10.7 Å². The molecule has 8 nitrogen and oxygen atoms in total. The second-order valence-electron chi connectivity index (χ2n) is 10.2. The number of hydrogen-bond donors (Lipinski definition) is 3. The van der Waals surface area contributed by atoms with Crippen LogP contribution in [0.1, 0.15) is 68.5 Å². The molecule has 8 heteroatoms.